The van der Waals surface area contributed by atoms with E-state index in [9.17, 15) is 19.5 Å². The Balaban J connectivity index is 2.13. The third-order valence-electron chi connectivity index (χ3n) is 4.49. The summed E-state index contributed by atoms with van der Waals surface area (Å²) in [7, 11) is 1.30. The Morgan fingerprint density at radius 2 is 1.58 bits per heavy atom. The highest BCUT2D eigenvalue weighted by molar-refractivity contribution is 5.96. The maximum atomic E-state index is 12.5. The number of amides is 1. The first-order chi connectivity index (χ1) is 11.3. The Bertz CT molecular complexity index is 690. The number of benzene rings is 1. The lowest BCUT2D eigenvalue weighted by Crippen LogP contribution is -2.36. The van der Waals surface area contributed by atoms with E-state index in [2.05, 4.69) is 10.1 Å². The molecule has 2 atom stereocenters. The molecule has 0 saturated carbocycles. The molecule has 6 heteroatoms. The molecule has 0 saturated heterocycles. The van der Waals surface area contributed by atoms with Gasteiger partial charge in [-0.1, -0.05) is 11.1 Å². The summed E-state index contributed by atoms with van der Waals surface area (Å²) in [6, 6.07) is 6.28. The van der Waals surface area contributed by atoms with Gasteiger partial charge in [0.1, 0.15) is 0 Å². The normalized spacial score (nSPS) is 20.5. The quantitative estimate of drug-likeness (QED) is 0.654. The van der Waals surface area contributed by atoms with Crippen LogP contribution in [-0.2, 0) is 14.3 Å². The van der Waals surface area contributed by atoms with Gasteiger partial charge in [0.2, 0.25) is 5.91 Å². The summed E-state index contributed by atoms with van der Waals surface area (Å²) in [6.45, 7) is 3.84. The van der Waals surface area contributed by atoms with Gasteiger partial charge in [-0.15, -0.1) is 0 Å². The maximum Gasteiger partial charge on any atom is 0.337 e. The predicted octanol–water partition coefficient (Wildman–Crippen LogP) is 2.86. The van der Waals surface area contributed by atoms with Gasteiger partial charge in [0.25, 0.3) is 0 Å². The number of carboxylic acid groups (broad SMARTS) is 1. The molecule has 1 amide bonds. The van der Waals surface area contributed by atoms with Crippen molar-refractivity contribution in [3.05, 3.63) is 41.0 Å². The lowest BCUT2D eigenvalue weighted by atomic mass is 9.76. The number of esters is 1. The lowest BCUT2D eigenvalue weighted by Gasteiger charge is -2.29. The van der Waals surface area contributed by atoms with E-state index in [1.54, 1.807) is 24.3 Å². The fraction of sp³-hybridized carbons (Fsp3) is 0.389. The van der Waals surface area contributed by atoms with E-state index in [1.807, 2.05) is 13.8 Å². The van der Waals surface area contributed by atoms with Crippen molar-refractivity contribution < 1.29 is 24.2 Å². The average molecular weight is 331 g/mol. The molecule has 1 aromatic carbocycles. The van der Waals surface area contributed by atoms with Crippen LogP contribution in [0.15, 0.2) is 35.4 Å². The second-order valence-corrected chi connectivity index (χ2v) is 6.08. The highest BCUT2D eigenvalue weighted by atomic mass is 16.5. The van der Waals surface area contributed by atoms with Crippen LogP contribution in [0.25, 0.3) is 0 Å². The number of anilines is 1. The second-order valence-electron chi connectivity index (χ2n) is 6.08. The van der Waals surface area contributed by atoms with Crippen LogP contribution in [0.2, 0.25) is 0 Å². The largest absolute Gasteiger partial charge is 0.481 e. The summed E-state index contributed by atoms with van der Waals surface area (Å²) in [5.74, 6) is -3.06. The minimum absolute atomic E-state index is 0.319. The van der Waals surface area contributed by atoms with Crippen molar-refractivity contribution in [3.63, 3.8) is 0 Å². The Hall–Kier alpha value is -2.63. The average Bonchev–Trinajstić information content (AvgIpc) is 2.56. The Morgan fingerprint density at radius 3 is 2.08 bits per heavy atom. The van der Waals surface area contributed by atoms with Crippen LogP contribution in [0.4, 0.5) is 5.69 Å². The number of methoxy groups -OCH3 is 1. The second kappa shape index (κ2) is 7.29. The molecule has 0 bridgehead atoms. The van der Waals surface area contributed by atoms with Gasteiger partial charge in [0, 0.05) is 5.69 Å². The molecule has 0 spiro atoms. The van der Waals surface area contributed by atoms with E-state index in [4.69, 9.17) is 0 Å². The molecule has 1 aliphatic rings. The van der Waals surface area contributed by atoms with Crippen LogP contribution in [0.5, 0.6) is 0 Å². The molecule has 0 heterocycles. The summed E-state index contributed by atoms with van der Waals surface area (Å²) in [5.41, 5.74) is 2.99. The van der Waals surface area contributed by atoms with E-state index < -0.39 is 23.8 Å². The van der Waals surface area contributed by atoms with Gasteiger partial charge in [-0.3, -0.25) is 9.59 Å². The van der Waals surface area contributed by atoms with Gasteiger partial charge >= 0.3 is 11.9 Å². The number of ether oxygens (including phenoxy) is 1. The van der Waals surface area contributed by atoms with E-state index in [0.717, 1.165) is 11.1 Å². The first kappa shape index (κ1) is 17.7. The maximum absolute atomic E-state index is 12.5. The van der Waals surface area contributed by atoms with Gasteiger partial charge in [-0.25, -0.2) is 4.79 Å². The Labute approximate surface area is 140 Å². The number of carbonyl (C=O) groups is 3. The summed E-state index contributed by atoms with van der Waals surface area (Å²) >= 11 is 0. The molecular weight excluding hydrogens is 310 g/mol. The minimum atomic E-state index is -0.956. The lowest BCUT2D eigenvalue weighted by molar-refractivity contribution is -0.146. The summed E-state index contributed by atoms with van der Waals surface area (Å²) in [5, 5.41) is 12.1. The molecule has 0 aromatic heterocycles. The van der Waals surface area contributed by atoms with Crippen molar-refractivity contribution in [2.45, 2.75) is 26.7 Å². The molecule has 2 N–H and O–H groups in total. The smallest absolute Gasteiger partial charge is 0.337 e. The highest BCUT2D eigenvalue weighted by Crippen LogP contribution is 2.35. The molecule has 6 nitrogen and oxygen atoms in total. The zero-order valence-corrected chi connectivity index (χ0v) is 14.0. The van der Waals surface area contributed by atoms with Gasteiger partial charge in [-0.05, 0) is 51.0 Å². The number of hydrogen-bond acceptors (Lipinski definition) is 4. The van der Waals surface area contributed by atoms with Crippen molar-refractivity contribution in [2.75, 3.05) is 12.4 Å². The number of nitrogens with one attached hydrogen (secondary N) is 1. The number of aliphatic carboxylic acids is 1. The standard InChI is InChI=1S/C18H21NO5/c1-10-8-14(15(17(21)22)9-11(10)2)16(20)19-13-6-4-12(5-7-13)18(23)24-3/h4-7,14-15H,8-9H2,1-3H3,(H,19,20)(H,21,22)/t14-,15+/m1/s1. The van der Waals surface area contributed by atoms with Crippen molar-refractivity contribution in [3.8, 4) is 0 Å². The van der Waals surface area contributed by atoms with Gasteiger partial charge in [-0.2, -0.15) is 0 Å². The van der Waals surface area contributed by atoms with Crippen molar-refractivity contribution in [1.82, 2.24) is 0 Å². The van der Waals surface area contributed by atoms with Crippen LogP contribution in [0.3, 0.4) is 0 Å². The van der Waals surface area contributed by atoms with E-state index in [0.29, 0.717) is 24.1 Å². The fourth-order valence-electron chi connectivity index (χ4n) is 2.87. The summed E-state index contributed by atoms with van der Waals surface area (Å²) in [4.78, 5) is 35.4. The molecule has 0 unspecified atom stereocenters. The molecule has 0 fully saturated rings. The monoisotopic (exact) mass is 331 g/mol. The van der Waals surface area contributed by atoms with Crippen LogP contribution in [-0.4, -0.2) is 30.1 Å². The predicted molar refractivity (Wildman–Crippen MR) is 88.6 cm³/mol. The number of hydrogen-bond donors (Lipinski definition) is 2. The third-order valence-corrected chi connectivity index (χ3v) is 4.49. The molecule has 0 aliphatic heterocycles. The number of rotatable bonds is 4. The van der Waals surface area contributed by atoms with Crippen LogP contribution >= 0.6 is 0 Å². The minimum Gasteiger partial charge on any atom is -0.481 e. The first-order valence-corrected chi connectivity index (χ1v) is 7.70. The molecule has 2 rings (SSSR count). The van der Waals surface area contributed by atoms with Gasteiger partial charge in [0.05, 0.1) is 24.5 Å². The molecular formula is C18H21NO5. The zero-order valence-electron chi connectivity index (χ0n) is 14.0. The van der Waals surface area contributed by atoms with Crippen LogP contribution in [0.1, 0.15) is 37.0 Å². The molecule has 1 aliphatic carbocycles. The van der Waals surface area contributed by atoms with E-state index >= 15 is 0 Å². The third kappa shape index (κ3) is 3.82. The van der Waals surface area contributed by atoms with Crippen molar-refractivity contribution in [1.29, 1.82) is 0 Å². The van der Waals surface area contributed by atoms with Gasteiger partial charge < -0.3 is 15.2 Å². The molecule has 128 valence electrons. The number of carboxylic acids is 1. The van der Waals surface area contributed by atoms with Crippen molar-refractivity contribution in [2.24, 2.45) is 11.8 Å². The highest BCUT2D eigenvalue weighted by Gasteiger charge is 2.37. The Morgan fingerprint density at radius 1 is 1.04 bits per heavy atom. The van der Waals surface area contributed by atoms with E-state index in [-0.39, 0.29) is 5.91 Å². The first-order valence-electron chi connectivity index (χ1n) is 7.70. The molecule has 0 radical (unpaired) electrons. The SMILES string of the molecule is COC(=O)c1ccc(NC(=O)[C@@H]2CC(C)=C(C)C[C@@H]2C(=O)O)cc1. The molecule has 24 heavy (non-hydrogen) atoms. The van der Waals surface area contributed by atoms with Crippen molar-refractivity contribution >= 4 is 23.5 Å². The van der Waals surface area contributed by atoms with E-state index in [1.165, 1.54) is 7.11 Å². The topological polar surface area (TPSA) is 92.7 Å². The summed E-state index contributed by atoms with van der Waals surface area (Å²) < 4.78 is 4.62. The fourth-order valence-corrected chi connectivity index (χ4v) is 2.87. The van der Waals surface area contributed by atoms with Crippen LogP contribution in [0, 0.1) is 11.8 Å². The van der Waals surface area contributed by atoms with Crippen LogP contribution < -0.4 is 5.32 Å². The summed E-state index contributed by atoms with van der Waals surface area (Å²) in [6.07, 6.45) is 0.829. The zero-order chi connectivity index (χ0) is 17.9. The number of carbonyl (C=O) groups excluding carboxylic acids is 2. The number of allylic oxidation sites excluding steroid dienone is 2. The Kier molecular flexibility index (Phi) is 5.39. The molecule has 1 aromatic rings. The van der Waals surface area contributed by atoms with Gasteiger partial charge in [0.15, 0.2) is 0 Å².